The predicted molar refractivity (Wildman–Crippen MR) is 114 cm³/mol. The van der Waals surface area contributed by atoms with Crippen LogP contribution in [0.5, 0.6) is 0 Å². The van der Waals surface area contributed by atoms with Crippen molar-refractivity contribution >= 4 is 34.7 Å². The van der Waals surface area contributed by atoms with Crippen molar-refractivity contribution in [3.05, 3.63) is 33.7 Å². The highest BCUT2D eigenvalue weighted by Crippen LogP contribution is 2.44. The van der Waals surface area contributed by atoms with E-state index in [0.29, 0.717) is 17.4 Å². The molecule has 1 saturated heterocycles. The Bertz CT molecular complexity index is 813. The van der Waals surface area contributed by atoms with Gasteiger partial charge >= 0.3 is 0 Å². The molecule has 0 radical (unpaired) electrons. The number of hydrogen-bond acceptors (Lipinski definition) is 4. The maximum Gasteiger partial charge on any atom is 0.293 e. The number of carbonyl (C=O) groups is 2. The van der Waals surface area contributed by atoms with Crippen molar-refractivity contribution in [2.45, 2.75) is 65.8 Å². The van der Waals surface area contributed by atoms with Gasteiger partial charge in [0.15, 0.2) is 0 Å². The zero-order valence-electron chi connectivity index (χ0n) is 17.3. The molecule has 1 aromatic rings. The molecule has 0 unspecified atom stereocenters. The van der Waals surface area contributed by atoms with Crippen LogP contribution >= 0.6 is 11.8 Å². The fraction of sp³-hybridized carbons (Fsp3) is 0.545. The number of fused-ring (bicyclic) bond motifs is 1. The number of carbonyl (C=O) groups excluding carboxylic acids is 2. The molecular weight excluding hydrogens is 356 g/mol. The second-order valence-electron chi connectivity index (χ2n) is 8.26. The van der Waals surface area contributed by atoms with Crippen molar-refractivity contribution < 1.29 is 9.59 Å². The van der Waals surface area contributed by atoms with Crippen molar-refractivity contribution in [2.75, 3.05) is 18.0 Å². The molecule has 2 amide bonds. The van der Waals surface area contributed by atoms with Gasteiger partial charge in [0.2, 0.25) is 0 Å². The average Bonchev–Trinajstić information content (AvgIpc) is 2.84. The van der Waals surface area contributed by atoms with E-state index in [1.807, 2.05) is 13.0 Å². The van der Waals surface area contributed by atoms with E-state index >= 15 is 0 Å². The number of imide groups is 1. The van der Waals surface area contributed by atoms with E-state index in [1.54, 1.807) is 0 Å². The van der Waals surface area contributed by atoms with Gasteiger partial charge in [-0.05, 0) is 93.1 Å². The Kier molecular flexibility index (Phi) is 5.44. The Morgan fingerprint density at radius 1 is 1.26 bits per heavy atom. The van der Waals surface area contributed by atoms with E-state index in [1.165, 1.54) is 16.2 Å². The summed E-state index contributed by atoms with van der Waals surface area (Å²) in [5.74, 6) is 0.300. The summed E-state index contributed by atoms with van der Waals surface area (Å²) < 4.78 is 0. The van der Waals surface area contributed by atoms with Gasteiger partial charge < -0.3 is 4.90 Å². The zero-order valence-corrected chi connectivity index (χ0v) is 18.1. The molecule has 1 fully saturated rings. The highest BCUT2D eigenvalue weighted by molar-refractivity contribution is 8.18. The molecule has 0 aliphatic carbocycles. The van der Waals surface area contributed by atoms with Gasteiger partial charge in [0.25, 0.3) is 11.1 Å². The predicted octanol–water partition coefficient (Wildman–Crippen LogP) is 5.55. The molecule has 0 aromatic heterocycles. The lowest BCUT2D eigenvalue weighted by molar-refractivity contribution is -0.122. The first kappa shape index (κ1) is 20.0. The van der Waals surface area contributed by atoms with Crippen LogP contribution in [0.4, 0.5) is 10.5 Å². The minimum Gasteiger partial charge on any atom is -0.366 e. The number of aryl methyl sites for hydroxylation is 1. The van der Waals surface area contributed by atoms with Gasteiger partial charge in [-0.1, -0.05) is 13.8 Å². The lowest BCUT2D eigenvalue weighted by atomic mass is 9.79. The van der Waals surface area contributed by atoms with E-state index in [2.05, 4.69) is 51.7 Å². The summed E-state index contributed by atoms with van der Waals surface area (Å²) in [7, 11) is 0. The van der Waals surface area contributed by atoms with E-state index in [9.17, 15) is 9.59 Å². The highest BCUT2D eigenvalue weighted by Gasteiger charge is 2.37. The third-order valence-corrected chi connectivity index (χ3v) is 6.60. The molecule has 0 bridgehead atoms. The molecule has 3 rings (SSSR count). The van der Waals surface area contributed by atoms with E-state index in [4.69, 9.17) is 0 Å². The van der Waals surface area contributed by atoms with Gasteiger partial charge in [-0.2, -0.15) is 0 Å². The average molecular weight is 387 g/mol. The maximum absolute atomic E-state index is 12.6. The molecule has 0 saturated carbocycles. The molecule has 2 aliphatic rings. The van der Waals surface area contributed by atoms with Crippen LogP contribution in [0.25, 0.3) is 6.08 Å². The van der Waals surface area contributed by atoms with E-state index in [0.717, 1.165) is 42.3 Å². The van der Waals surface area contributed by atoms with Gasteiger partial charge in [-0.3, -0.25) is 14.5 Å². The van der Waals surface area contributed by atoms with E-state index < -0.39 is 0 Å². The molecular formula is C22H30N2O2S. The summed E-state index contributed by atoms with van der Waals surface area (Å²) in [6.07, 6.45) is 3.78. The molecule has 146 valence electrons. The maximum atomic E-state index is 12.6. The Morgan fingerprint density at radius 2 is 1.96 bits per heavy atom. The molecule has 2 aliphatic heterocycles. The van der Waals surface area contributed by atoms with Crippen LogP contribution in [0.3, 0.4) is 0 Å². The Labute approximate surface area is 167 Å². The van der Waals surface area contributed by atoms with Crippen molar-refractivity contribution in [3.8, 4) is 0 Å². The largest absolute Gasteiger partial charge is 0.366 e. The van der Waals surface area contributed by atoms with Gasteiger partial charge in [0.05, 0.1) is 4.91 Å². The summed E-state index contributed by atoms with van der Waals surface area (Å²) in [5.41, 5.74) is 4.95. The Morgan fingerprint density at radius 3 is 2.59 bits per heavy atom. The molecule has 0 N–H and O–H groups in total. The zero-order chi connectivity index (χ0) is 19.9. The second-order valence-corrected chi connectivity index (χ2v) is 9.26. The standard InChI is InChI=1S/C22H30N2O2S/c1-7-9-23-20(25)19(27-21(23)26)12-16-11-17-15(4)13-22(5,6)24(8-2)18(17)10-14(16)3/h10-12,15H,7-9,13H2,1-6H3/b19-12-/t15-/m0/s1. The molecule has 2 heterocycles. The summed E-state index contributed by atoms with van der Waals surface area (Å²) >= 11 is 1.06. The fourth-order valence-corrected chi connectivity index (χ4v) is 5.32. The summed E-state index contributed by atoms with van der Waals surface area (Å²) in [6, 6.07) is 4.47. The van der Waals surface area contributed by atoms with Crippen LogP contribution in [0.1, 0.15) is 70.1 Å². The summed E-state index contributed by atoms with van der Waals surface area (Å²) in [6.45, 7) is 14.6. The van der Waals surface area contributed by atoms with Crippen molar-refractivity contribution in [1.82, 2.24) is 4.90 Å². The fourth-order valence-electron chi connectivity index (χ4n) is 4.46. The lowest BCUT2D eigenvalue weighted by Crippen LogP contribution is -2.48. The number of hydrogen-bond donors (Lipinski definition) is 0. The molecule has 27 heavy (non-hydrogen) atoms. The Hall–Kier alpha value is -1.75. The minimum atomic E-state index is -0.159. The van der Waals surface area contributed by atoms with Gasteiger partial charge in [0, 0.05) is 24.3 Å². The lowest BCUT2D eigenvalue weighted by Gasteiger charge is -2.47. The SMILES string of the molecule is CCCN1C(=O)S/C(=C\c2cc3c(cc2C)N(CC)C(C)(C)C[C@@H]3C)C1=O. The number of thioether (sulfide) groups is 1. The van der Waals surface area contributed by atoms with Crippen molar-refractivity contribution in [3.63, 3.8) is 0 Å². The van der Waals surface area contributed by atoms with Crippen LogP contribution in [0, 0.1) is 6.92 Å². The minimum absolute atomic E-state index is 0.137. The number of rotatable bonds is 4. The normalized spacial score (nSPS) is 23.3. The number of amides is 2. The molecule has 1 atom stereocenters. The molecule has 1 aromatic carbocycles. The van der Waals surface area contributed by atoms with Gasteiger partial charge in [0.1, 0.15) is 0 Å². The molecule has 0 spiro atoms. The third kappa shape index (κ3) is 3.54. The summed E-state index contributed by atoms with van der Waals surface area (Å²) in [5, 5.41) is -0.156. The van der Waals surface area contributed by atoms with E-state index in [-0.39, 0.29) is 16.7 Å². The third-order valence-electron chi connectivity index (χ3n) is 5.70. The van der Waals surface area contributed by atoms with Gasteiger partial charge in [-0.15, -0.1) is 0 Å². The number of anilines is 1. The van der Waals surface area contributed by atoms with Crippen LogP contribution in [-0.4, -0.2) is 34.7 Å². The number of nitrogens with zero attached hydrogens (tertiary/aromatic N) is 2. The first-order valence-electron chi connectivity index (χ1n) is 9.87. The second kappa shape index (κ2) is 7.34. The Balaban J connectivity index is 2.02. The van der Waals surface area contributed by atoms with Crippen LogP contribution in [0.2, 0.25) is 0 Å². The van der Waals surface area contributed by atoms with Gasteiger partial charge in [-0.25, -0.2) is 0 Å². The smallest absolute Gasteiger partial charge is 0.293 e. The van der Waals surface area contributed by atoms with Crippen molar-refractivity contribution in [2.24, 2.45) is 0 Å². The molecule has 4 nitrogen and oxygen atoms in total. The molecule has 5 heteroatoms. The van der Waals surface area contributed by atoms with Crippen molar-refractivity contribution in [1.29, 1.82) is 0 Å². The highest BCUT2D eigenvalue weighted by atomic mass is 32.2. The van der Waals surface area contributed by atoms with Crippen LogP contribution < -0.4 is 4.90 Å². The first-order chi connectivity index (χ1) is 12.7. The quantitative estimate of drug-likeness (QED) is 0.636. The summed E-state index contributed by atoms with van der Waals surface area (Å²) in [4.78, 5) is 29.1. The number of benzene rings is 1. The monoisotopic (exact) mass is 386 g/mol. The topological polar surface area (TPSA) is 40.6 Å². The van der Waals surface area contributed by atoms with Crippen LogP contribution in [-0.2, 0) is 4.79 Å². The first-order valence-corrected chi connectivity index (χ1v) is 10.7. The van der Waals surface area contributed by atoms with Crippen LogP contribution in [0.15, 0.2) is 17.0 Å².